The molecule has 1 atom stereocenters. The fourth-order valence-electron chi connectivity index (χ4n) is 2.31. The van der Waals surface area contributed by atoms with Gasteiger partial charge in [-0.2, -0.15) is 0 Å². The van der Waals surface area contributed by atoms with Gasteiger partial charge in [0.1, 0.15) is 4.21 Å². The average Bonchev–Trinajstić information content (AvgIpc) is 3.14. The van der Waals surface area contributed by atoms with Crippen LogP contribution in [-0.4, -0.2) is 26.9 Å². The lowest BCUT2D eigenvalue weighted by molar-refractivity contribution is 0.0936. The van der Waals surface area contributed by atoms with E-state index in [9.17, 15) is 13.2 Å². The van der Waals surface area contributed by atoms with E-state index in [1.807, 2.05) is 0 Å². The van der Waals surface area contributed by atoms with Crippen molar-refractivity contribution in [3.05, 3.63) is 47.3 Å². The number of hydrogen-bond donors (Lipinski definition) is 3. The molecule has 0 aliphatic heterocycles. The molecular formula is C17H24ClN3O3S2. The summed E-state index contributed by atoms with van der Waals surface area (Å²) in [6.07, 6.45) is 2.85. The van der Waals surface area contributed by atoms with Crippen molar-refractivity contribution in [3.8, 4) is 0 Å². The second kappa shape index (κ2) is 10.5. The van der Waals surface area contributed by atoms with Crippen LogP contribution in [0.25, 0.3) is 0 Å². The third-order valence-electron chi connectivity index (χ3n) is 3.66. The van der Waals surface area contributed by atoms with Crippen LogP contribution in [-0.2, 0) is 10.0 Å². The van der Waals surface area contributed by atoms with E-state index < -0.39 is 10.0 Å². The minimum atomic E-state index is -3.64. The SMILES string of the molecule is CCCCC(CN)NC(=O)c1cccc(NS(=O)(=O)c2cccs2)c1.Cl. The van der Waals surface area contributed by atoms with Gasteiger partial charge < -0.3 is 11.1 Å². The van der Waals surface area contributed by atoms with E-state index in [1.165, 1.54) is 12.1 Å². The fraction of sp³-hybridized carbons (Fsp3) is 0.353. The van der Waals surface area contributed by atoms with Gasteiger partial charge in [-0.15, -0.1) is 23.7 Å². The molecule has 0 fully saturated rings. The van der Waals surface area contributed by atoms with Gasteiger partial charge in [0.05, 0.1) is 0 Å². The van der Waals surface area contributed by atoms with Crippen molar-refractivity contribution >= 4 is 45.4 Å². The summed E-state index contributed by atoms with van der Waals surface area (Å²) < 4.78 is 27.3. The number of nitrogens with two attached hydrogens (primary N) is 1. The predicted molar refractivity (Wildman–Crippen MR) is 109 cm³/mol. The van der Waals surface area contributed by atoms with Gasteiger partial charge in [-0.1, -0.05) is 31.9 Å². The number of carbonyl (C=O) groups is 1. The summed E-state index contributed by atoms with van der Waals surface area (Å²) in [4.78, 5) is 12.4. The standard InChI is InChI=1S/C17H23N3O3S2.ClH/c1-2-3-7-15(12-18)19-17(21)13-6-4-8-14(11-13)20-25(22,23)16-9-5-10-24-16;/h4-6,8-11,15,20H,2-3,7,12,18H2,1H3,(H,19,21);1H. The van der Waals surface area contributed by atoms with Crippen LogP contribution in [0.2, 0.25) is 0 Å². The predicted octanol–water partition coefficient (Wildman–Crippen LogP) is 3.22. The zero-order valence-electron chi connectivity index (χ0n) is 14.5. The van der Waals surface area contributed by atoms with Crippen LogP contribution in [0.1, 0.15) is 36.5 Å². The van der Waals surface area contributed by atoms with E-state index in [4.69, 9.17) is 5.73 Å². The normalized spacial score (nSPS) is 12.1. The molecule has 6 nitrogen and oxygen atoms in total. The number of unbranched alkanes of at least 4 members (excludes halogenated alkanes) is 1. The minimum Gasteiger partial charge on any atom is -0.348 e. The monoisotopic (exact) mass is 417 g/mol. The smallest absolute Gasteiger partial charge is 0.271 e. The second-order valence-corrected chi connectivity index (χ2v) is 8.52. The highest BCUT2D eigenvalue weighted by atomic mass is 35.5. The molecule has 0 saturated heterocycles. The quantitative estimate of drug-likeness (QED) is 0.583. The van der Waals surface area contributed by atoms with Crippen LogP contribution >= 0.6 is 23.7 Å². The number of sulfonamides is 1. The molecule has 2 aromatic rings. The van der Waals surface area contributed by atoms with Gasteiger partial charge in [0, 0.05) is 23.8 Å². The zero-order chi connectivity index (χ0) is 18.3. The third-order valence-corrected chi connectivity index (χ3v) is 6.44. The molecule has 4 N–H and O–H groups in total. The Morgan fingerprint density at radius 2 is 2.04 bits per heavy atom. The Balaban J connectivity index is 0.00000338. The first-order chi connectivity index (χ1) is 12.0. The topological polar surface area (TPSA) is 101 Å². The van der Waals surface area contributed by atoms with E-state index in [-0.39, 0.29) is 28.6 Å². The first kappa shape index (κ1) is 22.4. The summed E-state index contributed by atoms with van der Waals surface area (Å²) in [5.41, 5.74) is 6.44. The van der Waals surface area contributed by atoms with Crippen LogP contribution in [0, 0.1) is 0 Å². The maximum atomic E-state index is 12.4. The molecule has 0 aliphatic carbocycles. The number of amides is 1. The highest BCUT2D eigenvalue weighted by Crippen LogP contribution is 2.20. The molecular weight excluding hydrogens is 394 g/mol. The highest BCUT2D eigenvalue weighted by molar-refractivity contribution is 7.94. The molecule has 0 aliphatic rings. The Morgan fingerprint density at radius 1 is 1.27 bits per heavy atom. The molecule has 144 valence electrons. The summed E-state index contributed by atoms with van der Waals surface area (Å²) in [6.45, 7) is 2.45. The Kier molecular flexibility index (Phi) is 9.07. The fourth-order valence-corrected chi connectivity index (χ4v) is 4.36. The first-order valence-corrected chi connectivity index (χ1v) is 10.5. The van der Waals surface area contributed by atoms with Crippen molar-refractivity contribution in [1.82, 2.24) is 5.32 Å². The Morgan fingerprint density at radius 3 is 2.65 bits per heavy atom. The maximum absolute atomic E-state index is 12.4. The Bertz CT molecular complexity index is 795. The molecule has 1 unspecified atom stereocenters. The number of carbonyl (C=O) groups excluding carboxylic acids is 1. The molecule has 0 spiro atoms. The summed E-state index contributed by atoms with van der Waals surface area (Å²) >= 11 is 1.13. The van der Waals surface area contributed by atoms with Gasteiger partial charge in [0.15, 0.2) is 0 Å². The number of rotatable bonds is 9. The van der Waals surface area contributed by atoms with Crippen molar-refractivity contribution in [2.45, 2.75) is 36.4 Å². The van der Waals surface area contributed by atoms with Gasteiger partial charge in [-0.25, -0.2) is 8.42 Å². The van der Waals surface area contributed by atoms with Crippen molar-refractivity contribution < 1.29 is 13.2 Å². The molecule has 1 aromatic carbocycles. The first-order valence-electron chi connectivity index (χ1n) is 8.13. The van der Waals surface area contributed by atoms with Crippen molar-refractivity contribution in [2.75, 3.05) is 11.3 Å². The molecule has 0 bridgehead atoms. The van der Waals surface area contributed by atoms with E-state index in [2.05, 4.69) is 17.0 Å². The summed E-state index contributed by atoms with van der Waals surface area (Å²) in [5.74, 6) is -0.260. The lowest BCUT2D eigenvalue weighted by atomic mass is 10.1. The van der Waals surface area contributed by atoms with E-state index in [0.717, 1.165) is 30.6 Å². The van der Waals surface area contributed by atoms with Crippen LogP contribution in [0.5, 0.6) is 0 Å². The molecule has 9 heteroatoms. The van der Waals surface area contributed by atoms with Crippen LogP contribution in [0.15, 0.2) is 46.0 Å². The average molecular weight is 418 g/mol. The van der Waals surface area contributed by atoms with Crippen molar-refractivity contribution in [3.63, 3.8) is 0 Å². The summed E-state index contributed by atoms with van der Waals surface area (Å²) in [7, 11) is -3.64. The van der Waals surface area contributed by atoms with Gasteiger partial charge >= 0.3 is 0 Å². The molecule has 0 saturated carbocycles. The number of hydrogen-bond acceptors (Lipinski definition) is 5. The Labute approximate surface area is 164 Å². The maximum Gasteiger partial charge on any atom is 0.271 e. The molecule has 0 radical (unpaired) electrons. The lowest BCUT2D eigenvalue weighted by Crippen LogP contribution is -2.40. The molecule has 1 amide bonds. The van der Waals surface area contributed by atoms with Crippen LogP contribution in [0.3, 0.4) is 0 Å². The zero-order valence-corrected chi connectivity index (χ0v) is 16.9. The van der Waals surface area contributed by atoms with E-state index >= 15 is 0 Å². The van der Waals surface area contributed by atoms with Crippen LogP contribution < -0.4 is 15.8 Å². The van der Waals surface area contributed by atoms with Gasteiger partial charge in [0.2, 0.25) is 0 Å². The second-order valence-electron chi connectivity index (χ2n) is 5.67. The van der Waals surface area contributed by atoms with Gasteiger partial charge in [-0.05, 0) is 36.1 Å². The number of benzene rings is 1. The minimum absolute atomic E-state index is 0. The highest BCUT2D eigenvalue weighted by Gasteiger charge is 2.17. The Hall–Kier alpha value is -1.61. The number of nitrogens with one attached hydrogen (secondary N) is 2. The van der Waals surface area contributed by atoms with E-state index in [0.29, 0.717) is 17.8 Å². The summed E-state index contributed by atoms with van der Waals surface area (Å²) in [5, 5.41) is 4.59. The lowest BCUT2D eigenvalue weighted by Gasteiger charge is -2.17. The number of thiophene rings is 1. The molecule has 1 aromatic heterocycles. The summed E-state index contributed by atoms with van der Waals surface area (Å²) in [6, 6.07) is 9.54. The number of halogens is 1. The van der Waals surface area contributed by atoms with Crippen molar-refractivity contribution in [1.29, 1.82) is 0 Å². The largest absolute Gasteiger partial charge is 0.348 e. The van der Waals surface area contributed by atoms with E-state index in [1.54, 1.807) is 29.6 Å². The third kappa shape index (κ3) is 6.28. The number of anilines is 1. The molecule has 2 rings (SSSR count). The van der Waals surface area contributed by atoms with Crippen molar-refractivity contribution in [2.24, 2.45) is 5.73 Å². The van der Waals surface area contributed by atoms with Crippen LogP contribution in [0.4, 0.5) is 5.69 Å². The van der Waals surface area contributed by atoms with Gasteiger partial charge in [0.25, 0.3) is 15.9 Å². The molecule has 26 heavy (non-hydrogen) atoms. The van der Waals surface area contributed by atoms with Gasteiger partial charge in [-0.3, -0.25) is 9.52 Å². The molecule has 1 heterocycles.